The summed E-state index contributed by atoms with van der Waals surface area (Å²) in [6.07, 6.45) is 0. The minimum Gasteiger partial charge on any atom is -0.455 e. The number of hydrogen-bond acceptors (Lipinski definition) is 1. The van der Waals surface area contributed by atoms with Crippen LogP contribution in [0.15, 0.2) is 95.4 Å². The summed E-state index contributed by atoms with van der Waals surface area (Å²) < 4.78 is 6.30. The van der Waals surface area contributed by atoms with Crippen LogP contribution < -0.4 is 0 Å². The largest absolute Gasteiger partial charge is 0.455 e. The maximum absolute atomic E-state index is 6.67. The molecule has 0 radical (unpaired) electrons. The SMILES string of the molecule is Clc1cc(-c2ccccc2)cc2oc3c(-c4ccccc4)cccc3c12. The number of furan rings is 1. The first-order valence-electron chi connectivity index (χ1n) is 8.57. The maximum Gasteiger partial charge on any atom is 0.143 e. The molecule has 1 aromatic heterocycles. The van der Waals surface area contributed by atoms with E-state index < -0.39 is 0 Å². The van der Waals surface area contributed by atoms with E-state index in [0.717, 1.165) is 44.2 Å². The topological polar surface area (TPSA) is 13.1 Å². The van der Waals surface area contributed by atoms with E-state index in [1.807, 2.05) is 42.5 Å². The van der Waals surface area contributed by atoms with Gasteiger partial charge < -0.3 is 4.42 Å². The van der Waals surface area contributed by atoms with Crippen molar-refractivity contribution in [3.63, 3.8) is 0 Å². The Kier molecular flexibility index (Phi) is 3.55. The molecule has 0 amide bonds. The van der Waals surface area contributed by atoms with Gasteiger partial charge in [0.15, 0.2) is 0 Å². The van der Waals surface area contributed by atoms with E-state index in [9.17, 15) is 0 Å². The molecule has 1 heterocycles. The van der Waals surface area contributed by atoms with Gasteiger partial charge in [-0.05, 0) is 28.8 Å². The average Bonchev–Trinajstić information content (AvgIpc) is 3.08. The molecule has 1 nitrogen and oxygen atoms in total. The van der Waals surface area contributed by atoms with Gasteiger partial charge in [0.2, 0.25) is 0 Å². The molecule has 5 aromatic rings. The second-order valence-corrected chi connectivity index (χ2v) is 6.75. The van der Waals surface area contributed by atoms with Crippen molar-refractivity contribution in [3.05, 3.63) is 96.0 Å². The van der Waals surface area contributed by atoms with Crippen molar-refractivity contribution in [1.29, 1.82) is 0 Å². The summed E-state index contributed by atoms with van der Waals surface area (Å²) in [5.41, 5.74) is 6.09. The zero-order valence-corrected chi connectivity index (χ0v) is 14.7. The predicted molar refractivity (Wildman–Crippen MR) is 110 cm³/mol. The summed E-state index contributed by atoms with van der Waals surface area (Å²) >= 11 is 6.67. The minimum absolute atomic E-state index is 0.713. The molecule has 0 bridgehead atoms. The number of para-hydroxylation sites is 1. The van der Waals surface area contributed by atoms with Crippen LogP contribution in [0.3, 0.4) is 0 Å². The summed E-state index contributed by atoms with van der Waals surface area (Å²) in [4.78, 5) is 0. The molecule has 26 heavy (non-hydrogen) atoms. The second kappa shape index (κ2) is 6.05. The standard InChI is InChI=1S/C24H15ClO/c25-21-14-18(16-8-3-1-4-9-16)15-22-23(21)20-13-7-12-19(24(20)26-22)17-10-5-2-6-11-17/h1-15H. The van der Waals surface area contributed by atoms with Gasteiger partial charge in [0.1, 0.15) is 11.2 Å². The molecular weight excluding hydrogens is 340 g/mol. The van der Waals surface area contributed by atoms with Crippen LogP contribution in [0.25, 0.3) is 44.2 Å². The molecule has 0 saturated carbocycles. The molecule has 0 aliphatic carbocycles. The minimum atomic E-state index is 0.713. The Balaban J connectivity index is 1.81. The van der Waals surface area contributed by atoms with Gasteiger partial charge in [0.25, 0.3) is 0 Å². The maximum atomic E-state index is 6.67. The number of halogens is 1. The normalized spacial score (nSPS) is 11.3. The molecule has 0 spiro atoms. The molecule has 0 saturated heterocycles. The fourth-order valence-corrected chi connectivity index (χ4v) is 3.83. The lowest BCUT2D eigenvalue weighted by Gasteiger charge is -2.03. The lowest BCUT2D eigenvalue weighted by Crippen LogP contribution is -1.79. The number of fused-ring (bicyclic) bond motifs is 3. The van der Waals surface area contributed by atoms with Gasteiger partial charge in [0.05, 0.1) is 5.02 Å². The van der Waals surface area contributed by atoms with Crippen LogP contribution >= 0.6 is 11.6 Å². The summed E-state index contributed by atoms with van der Waals surface area (Å²) in [7, 11) is 0. The lowest BCUT2D eigenvalue weighted by molar-refractivity contribution is 0.670. The summed E-state index contributed by atoms with van der Waals surface area (Å²) in [6, 6.07) is 30.8. The van der Waals surface area contributed by atoms with Gasteiger partial charge >= 0.3 is 0 Å². The smallest absolute Gasteiger partial charge is 0.143 e. The van der Waals surface area contributed by atoms with Gasteiger partial charge in [-0.2, -0.15) is 0 Å². The molecule has 2 heteroatoms. The number of benzene rings is 4. The van der Waals surface area contributed by atoms with Crippen molar-refractivity contribution in [3.8, 4) is 22.3 Å². The Morgan fingerprint density at radius 1 is 0.615 bits per heavy atom. The Hall–Kier alpha value is -3.03. The molecule has 0 fully saturated rings. The van der Waals surface area contributed by atoms with Crippen LogP contribution in [-0.2, 0) is 0 Å². The van der Waals surface area contributed by atoms with Crippen molar-refractivity contribution in [2.45, 2.75) is 0 Å². The van der Waals surface area contributed by atoms with Crippen LogP contribution in [0.1, 0.15) is 0 Å². The highest BCUT2D eigenvalue weighted by Gasteiger charge is 2.15. The zero-order chi connectivity index (χ0) is 17.5. The fraction of sp³-hybridized carbons (Fsp3) is 0. The van der Waals surface area contributed by atoms with E-state index in [-0.39, 0.29) is 0 Å². The van der Waals surface area contributed by atoms with E-state index in [0.29, 0.717) is 5.02 Å². The number of hydrogen-bond donors (Lipinski definition) is 0. The van der Waals surface area contributed by atoms with Crippen LogP contribution in [0.5, 0.6) is 0 Å². The van der Waals surface area contributed by atoms with Gasteiger partial charge in [-0.25, -0.2) is 0 Å². The first kappa shape index (κ1) is 15.2. The van der Waals surface area contributed by atoms with Crippen LogP contribution in [-0.4, -0.2) is 0 Å². The third-order valence-corrected chi connectivity index (χ3v) is 5.04. The van der Waals surface area contributed by atoms with Gasteiger partial charge in [0, 0.05) is 16.3 Å². The third-order valence-electron chi connectivity index (χ3n) is 4.74. The highest BCUT2D eigenvalue weighted by atomic mass is 35.5. The summed E-state index contributed by atoms with van der Waals surface area (Å²) in [5.74, 6) is 0. The van der Waals surface area contributed by atoms with E-state index in [4.69, 9.17) is 16.0 Å². The second-order valence-electron chi connectivity index (χ2n) is 6.35. The summed E-state index contributed by atoms with van der Waals surface area (Å²) in [5, 5.41) is 2.73. The van der Waals surface area contributed by atoms with E-state index in [2.05, 4.69) is 48.5 Å². The van der Waals surface area contributed by atoms with Gasteiger partial charge in [-0.1, -0.05) is 90.5 Å². The van der Waals surface area contributed by atoms with Crippen molar-refractivity contribution < 1.29 is 4.42 Å². The molecule has 0 atom stereocenters. The van der Waals surface area contributed by atoms with Crippen molar-refractivity contribution >= 4 is 33.5 Å². The zero-order valence-electron chi connectivity index (χ0n) is 13.9. The van der Waals surface area contributed by atoms with Crippen molar-refractivity contribution in [1.82, 2.24) is 0 Å². The van der Waals surface area contributed by atoms with Crippen LogP contribution in [0, 0.1) is 0 Å². The molecular formula is C24H15ClO. The first-order valence-corrected chi connectivity index (χ1v) is 8.95. The molecule has 4 aromatic carbocycles. The Morgan fingerprint density at radius 2 is 1.31 bits per heavy atom. The monoisotopic (exact) mass is 354 g/mol. The molecule has 5 rings (SSSR count). The predicted octanol–water partition coefficient (Wildman–Crippen LogP) is 7.57. The van der Waals surface area contributed by atoms with Gasteiger partial charge in [-0.15, -0.1) is 0 Å². The molecule has 0 aliphatic rings. The molecule has 124 valence electrons. The first-order chi connectivity index (χ1) is 12.8. The lowest BCUT2D eigenvalue weighted by atomic mass is 10.0. The Bertz CT molecular complexity index is 1220. The average molecular weight is 355 g/mol. The van der Waals surface area contributed by atoms with Crippen LogP contribution in [0.2, 0.25) is 5.02 Å². The highest BCUT2D eigenvalue weighted by Crippen LogP contribution is 2.40. The van der Waals surface area contributed by atoms with E-state index in [1.54, 1.807) is 0 Å². The fourth-order valence-electron chi connectivity index (χ4n) is 3.52. The molecule has 0 N–H and O–H groups in total. The van der Waals surface area contributed by atoms with E-state index >= 15 is 0 Å². The molecule has 0 unspecified atom stereocenters. The van der Waals surface area contributed by atoms with Crippen molar-refractivity contribution in [2.24, 2.45) is 0 Å². The quantitative estimate of drug-likeness (QED) is 0.318. The molecule has 0 aliphatic heterocycles. The van der Waals surface area contributed by atoms with Crippen molar-refractivity contribution in [2.75, 3.05) is 0 Å². The highest BCUT2D eigenvalue weighted by molar-refractivity contribution is 6.38. The summed E-state index contributed by atoms with van der Waals surface area (Å²) in [6.45, 7) is 0. The van der Waals surface area contributed by atoms with Crippen LogP contribution in [0.4, 0.5) is 0 Å². The Morgan fingerprint density at radius 3 is 2.04 bits per heavy atom. The Labute approximate surface area is 156 Å². The third kappa shape index (κ3) is 2.40. The van der Waals surface area contributed by atoms with E-state index in [1.165, 1.54) is 0 Å². The van der Waals surface area contributed by atoms with Gasteiger partial charge in [-0.3, -0.25) is 0 Å². The number of rotatable bonds is 2.